The molecule has 1 amide bonds. The van der Waals surface area contributed by atoms with Crippen LogP contribution in [-0.2, 0) is 13.0 Å². The number of para-hydroxylation sites is 2. The standard InChI is InChI=1S/C30H31N3O2S/c34-30(28-14-8-21-36-28)31-18-7-1-2-15-29-32-26-12-5-6-13-27(26)33(29)19-9-20-35-25-17-16-23-10-3-4-11-24(23)22-25/h3-6,8,10-14,16-17,21-22H,1-2,7,9,15,18-20H2,(H,31,34). The van der Waals surface area contributed by atoms with Gasteiger partial charge in [-0.25, -0.2) is 4.98 Å². The van der Waals surface area contributed by atoms with Crippen molar-refractivity contribution < 1.29 is 9.53 Å². The first-order valence-corrected chi connectivity index (χ1v) is 13.5. The molecule has 5 rings (SSSR count). The largest absolute Gasteiger partial charge is 0.494 e. The summed E-state index contributed by atoms with van der Waals surface area (Å²) in [5.41, 5.74) is 2.23. The highest BCUT2D eigenvalue weighted by Crippen LogP contribution is 2.22. The van der Waals surface area contributed by atoms with E-state index >= 15 is 0 Å². The summed E-state index contributed by atoms with van der Waals surface area (Å²) in [4.78, 5) is 17.7. The Morgan fingerprint density at radius 2 is 1.75 bits per heavy atom. The van der Waals surface area contributed by atoms with Crippen molar-refractivity contribution in [3.8, 4) is 5.75 Å². The van der Waals surface area contributed by atoms with Gasteiger partial charge in [-0.15, -0.1) is 11.3 Å². The van der Waals surface area contributed by atoms with Crippen LogP contribution in [0.3, 0.4) is 0 Å². The first-order chi connectivity index (χ1) is 17.8. The molecule has 2 aromatic heterocycles. The molecule has 0 spiro atoms. The maximum Gasteiger partial charge on any atom is 0.261 e. The van der Waals surface area contributed by atoms with Gasteiger partial charge in [0.25, 0.3) is 5.91 Å². The van der Waals surface area contributed by atoms with Crippen LogP contribution in [0.5, 0.6) is 5.75 Å². The second-order valence-corrected chi connectivity index (χ2v) is 9.87. The van der Waals surface area contributed by atoms with Gasteiger partial charge in [0.2, 0.25) is 0 Å². The van der Waals surface area contributed by atoms with Crippen LogP contribution < -0.4 is 10.1 Å². The van der Waals surface area contributed by atoms with Gasteiger partial charge in [-0.3, -0.25) is 4.79 Å². The Morgan fingerprint density at radius 3 is 2.64 bits per heavy atom. The number of imidazole rings is 1. The minimum atomic E-state index is 0.0256. The van der Waals surface area contributed by atoms with Gasteiger partial charge < -0.3 is 14.6 Å². The lowest BCUT2D eigenvalue weighted by atomic mass is 10.1. The number of hydrogen-bond donors (Lipinski definition) is 1. The molecule has 184 valence electrons. The van der Waals surface area contributed by atoms with Crippen molar-refractivity contribution in [2.24, 2.45) is 0 Å². The fraction of sp³-hybridized carbons (Fsp3) is 0.267. The van der Waals surface area contributed by atoms with E-state index in [-0.39, 0.29) is 5.91 Å². The van der Waals surface area contributed by atoms with E-state index in [1.165, 1.54) is 27.6 Å². The zero-order chi connectivity index (χ0) is 24.6. The molecule has 0 aliphatic carbocycles. The molecule has 0 fully saturated rings. The first kappa shape index (κ1) is 24.1. The lowest BCUT2D eigenvalue weighted by Gasteiger charge is -2.11. The molecular weight excluding hydrogens is 466 g/mol. The molecule has 6 heteroatoms. The Morgan fingerprint density at radius 1 is 0.889 bits per heavy atom. The molecule has 5 aromatic rings. The number of carbonyl (C=O) groups excluding carboxylic acids is 1. The van der Waals surface area contributed by atoms with Crippen LogP contribution >= 0.6 is 11.3 Å². The SMILES string of the molecule is O=C(NCCCCCc1nc2ccccc2n1CCCOc1ccc2ccccc2c1)c1cccs1. The number of fused-ring (bicyclic) bond motifs is 2. The number of unbranched alkanes of at least 4 members (excludes halogenated alkanes) is 2. The smallest absolute Gasteiger partial charge is 0.261 e. The molecule has 0 atom stereocenters. The summed E-state index contributed by atoms with van der Waals surface area (Å²) in [7, 11) is 0. The molecule has 1 N–H and O–H groups in total. The summed E-state index contributed by atoms with van der Waals surface area (Å²) in [5, 5.41) is 7.36. The van der Waals surface area contributed by atoms with E-state index in [4.69, 9.17) is 9.72 Å². The van der Waals surface area contributed by atoms with E-state index < -0.39 is 0 Å². The van der Waals surface area contributed by atoms with Crippen molar-refractivity contribution in [1.29, 1.82) is 0 Å². The molecule has 0 aliphatic rings. The lowest BCUT2D eigenvalue weighted by Crippen LogP contribution is -2.23. The quantitative estimate of drug-likeness (QED) is 0.192. The Bertz CT molecular complexity index is 1420. The van der Waals surface area contributed by atoms with Crippen LogP contribution in [0.4, 0.5) is 0 Å². The summed E-state index contributed by atoms with van der Waals surface area (Å²) in [6.07, 6.45) is 4.91. The number of carbonyl (C=O) groups is 1. The third-order valence-electron chi connectivity index (χ3n) is 6.36. The highest BCUT2D eigenvalue weighted by atomic mass is 32.1. The van der Waals surface area contributed by atoms with E-state index in [0.29, 0.717) is 13.2 Å². The van der Waals surface area contributed by atoms with Gasteiger partial charge in [0.05, 0.1) is 22.5 Å². The predicted molar refractivity (Wildman–Crippen MR) is 148 cm³/mol. The molecule has 2 heterocycles. The summed E-state index contributed by atoms with van der Waals surface area (Å²) >= 11 is 1.48. The number of benzene rings is 3. The van der Waals surface area contributed by atoms with Crippen LogP contribution in [0, 0.1) is 0 Å². The topological polar surface area (TPSA) is 56.2 Å². The second kappa shape index (κ2) is 11.9. The minimum Gasteiger partial charge on any atom is -0.494 e. The third kappa shape index (κ3) is 5.94. The summed E-state index contributed by atoms with van der Waals surface area (Å²) in [6.45, 7) is 2.24. The number of hydrogen-bond acceptors (Lipinski definition) is 4. The van der Waals surface area contributed by atoms with Gasteiger partial charge in [0, 0.05) is 19.5 Å². The van der Waals surface area contributed by atoms with Gasteiger partial charge in [0.15, 0.2) is 0 Å². The third-order valence-corrected chi connectivity index (χ3v) is 7.23. The monoisotopic (exact) mass is 497 g/mol. The summed E-state index contributed by atoms with van der Waals surface area (Å²) in [6, 6.07) is 26.7. The van der Waals surface area contributed by atoms with E-state index in [2.05, 4.69) is 64.5 Å². The number of amides is 1. The summed E-state index contributed by atoms with van der Waals surface area (Å²) < 4.78 is 8.41. The molecule has 0 saturated carbocycles. The Kier molecular flexibility index (Phi) is 7.93. The van der Waals surface area contributed by atoms with Crippen molar-refractivity contribution in [3.05, 3.63) is 94.9 Å². The maximum absolute atomic E-state index is 12.1. The molecule has 5 nitrogen and oxygen atoms in total. The number of nitrogens with zero attached hydrogens (tertiary/aromatic N) is 2. The first-order valence-electron chi connectivity index (χ1n) is 12.7. The molecule has 3 aromatic carbocycles. The Hall–Kier alpha value is -3.64. The van der Waals surface area contributed by atoms with Gasteiger partial charge >= 0.3 is 0 Å². The van der Waals surface area contributed by atoms with Crippen LogP contribution in [0.15, 0.2) is 84.2 Å². The zero-order valence-electron chi connectivity index (χ0n) is 20.4. The molecule has 0 bridgehead atoms. The molecule has 0 aliphatic heterocycles. The van der Waals surface area contributed by atoms with Crippen molar-refractivity contribution in [1.82, 2.24) is 14.9 Å². The van der Waals surface area contributed by atoms with Crippen molar-refractivity contribution in [2.75, 3.05) is 13.2 Å². The molecular formula is C30H31N3O2S. The molecule has 36 heavy (non-hydrogen) atoms. The number of nitrogens with one attached hydrogen (secondary N) is 1. The fourth-order valence-corrected chi connectivity index (χ4v) is 5.16. The minimum absolute atomic E-state index is 0.0256. The lowest BCUT2D eigenvalue weighted by molar-refractivity contribution is 0.0957. The van der Waals surface area contributed by atoms with E-state index in [1.54, 1.807) is 0 Å². The molecule has 0 radical (unpaired) electrons. The van der Waals surface area contributed by atoms with E-state index in [0.717, 1.165) is 60.6 Å². The number of thiophene rings is 1. The van der Waals surface area contributed by atoms with Crippen molar-refractivity contribution >= 4 is 39.0 Å². The average Bonchev–Trinajstić information content (AvgIpc) is 3.57. The van der Waals surface area contributed by atoms with Gasteiger partial charge in [-0.05, 0) is 65.7 Å². The van der Waals surface area contributed by atoms with Crippen LogP contribution in [0.1, 0.15) is 41.2 Å². The van der Waals surface area contributed by atoms with Crippen LogP contribution in [0.25, 0.3) is 21.8 Å². The fourth-order valence-electron chi connectivity index (χ4n) is 4.52. The molecule has 0 unspecified atom stereocenters. The van der Waals surface area contributed by atoms with Crippen LogP contribution in [0.2, 0.25) is 0 Å². The second-order valence-electron chi connectivity index (χ2n) is 8.92. The van der Waals surface area contributed by atoms with E-state index in [9.17, 15) is 4.79 Å². The Balaban J connectivity index is 1.11. The Labute approximate surface area is 215 Å². The van der Waals surface area contributed by atoms with E-state index in [1.807, 2.05) is 29.6 Å². The normalized spacial score (nSPS) is 11.2. The summed E-state index contributed by atoms with van der Waals surface area (Å²) in [5.74, 6) is 2.07. The molecule has 0 saturated heterocycles. The average molecular weight is 498 g/mol. The number of aryl methyl sites for hydroxylation is 2. The maximum atomic E-state index is 12.1. The number of rotatable bonds is 12. The van der Waals surface area contributed by atoms with Crippen LogP contribution in [-0.4, -0.2) is 28.6 Å². The van der Waals surface area contributed by atoms with Gasteiger partial charge in [-0.1, -0.05) is 55.0 Å². The van der Waals surface area contributed by atoms with Gasteiger partial charge in [-0.2, -0.15) is 0 Å². The number of aromatic nitrogens is 2. The highest BCUT2D eigenvalue weighted by molar-refractivity contribution is 7.12. The predicted octanol–water partition coefficient (Wildman–Crippen LogP) is 6.86. The van der Waals surface area contributed by atoms with Crippen molar-refractivity contribution in [3.63, 3.8) is 0 Å². The number of ether oxygens (including phenoxy) is 1. The zero-order valence-corrected chi connectivity index (χ0v) is 21.2. The van der Waals surface area contributed by atoms with Crippen molar-refractivity contribution in [2.45, 2.75) is 38.6 Å². The highest BCUT2D eigenvalue weighted by Gasteiger charge is 2.11. The van der Waals surface area contributed by atoms with Gasteiger partial charge in [0.1, 0.15) is 11.6 Å².